The fourth-order valence-electron chi connectivity index (χ4n) is 1.62. The van der Waals surface area contributed by atoms with Crippen LogP contribution in [0.1, 0.15) is 18.9 Å². The van der Waals surface area contributed by atoms with Crippen molar-refractivity contribution >= 4 is 0 Å². The lowest BCUT2D eigenvalue weighted by Gasteiger charge is -2.22. The number of nitrogens with zero attached hydrogens (tertiary/aromatic N) is 2. The summed E-state index contributed by atoms with van der Waals surface area (Å²) < 4.78 is 0. The van der Waals surface area contributed by atoms with Gasteiger partial charge in [0, 0.05) is 13.1 Å². The predicted molar refractivity (Wildman–Crippen MR) is 63.6 cm³/mol. The van der Waals surface area contributed by atoms with E-state index in [1.54, 1.807) is 0 Å². The molecule has 0 fully saturated rings. The van der Waals surface area contributed by atoms with Crippen molar-refractivity contribution in [3.63, 3.8) is 0 Å². The van der Waals surface area contributed by atoms with E-state index in [9.17, 15) is 5.11 Å². The Hall–Kier alpha value is -1.37. The molecule has 0 heterocycles. The quantitative estimate of drug-likeness (QED) is 0.791. The summed E-state index contributed by atoms with van der Waals surface area (Å²) in [5.41, 5.74) is 1.23. The minimum atomic E-state index is -0.548. The van der Waals surface area contributed by atoms with Crippen molar-refractivity contribution in [3.8, 4) is 6.07 Å². The van der Waals surface area contributed by atoms with E-state index in [4.69, 9.17) is 5.26 Å². The van der Waals surface area contributed by atoms with Gasteiger partial charge in [-0.1, -0.05) is 37.3 Å². The lowest BCUT2D eigenvalue weighted by molar-refractivity contribution is 0.115. The molecule has 1 unspecified atom stereocenters. The normalized spacial score (nSPS) is 12.4. The van der Waals surface area contributed by atoms with Crippen LogP contribution in [0.15, 0.2) is 30.3 Å². The molecule has 3 nitrogen and oxygen atoms in total. The van der Waals surface area contributed by atoms with Crippen LogP contribution in [0.25, 0.3) is 0 Å². The van der Waals surface area contributed by atoms with Gasteiger partial charge >= 0.3 is 0 Å². The van der Waals surface area contributed by atoms with Crippen LogP contribution in [0, 0.1) is 11.3 Å². The Morgan fingerprint density at radius 3 is 2.62 bits per heavy atom. The molecule has 3 heteroatoms. The first-order chi connectivity index (χ1) is 7.76. The minimum Gasteiger partial charge on any atom is -0.391 e. The van der Waals surface area contributed by atoms with Gasteiger partial charge in [0.25, 0.3) is 0 Å². The third kappa shape index (κ3) is 4.43. The van der Waals surface area contributed by atoms with E-state index >= 15 is 0 Å². The molecule has 0 aliphatic carbocycles. The molecule has 0 spiro atoms. The molecule has 0 aliphatic heterocycles. The fourth-order valence-corrected chi connectivity index (χ4v) is 1.62. The minimum absolute atomic E-state index is 0.200. The van der Waals surface area contributed by atoms with Gasteiger partial charge in [0.15, 0.2) is 0 Å². The van der Waals surface area contributed by atoms with Gasteiger partial charge in [-0.25, -0.2) is 0 Å². The lowest BCUT2D eigenvalue weighted by atomic mass is 10.2. The van der Waals surface area contributed by atoms with E-state index in [1.165, 1.54) is 5.56 Å². The van der Waals surface area contributed by atoms with E-state index in [2.05, 4.69) is 24.0 Å². The maximum absolute atomic E-state index is 9.56. The highest BCUT2D eigenvalue weighted by atomic mass is 16.3. The maximum Gasteiger partial charge on any atom is 0.0796 e. The zero-order valence-corrected chi connectivity index (χ0v) is 9.63. The Labute approximate surface area is 96.9 Å². The van der Waals surface area contributed by atoms with Gasteiger partial charge in [-0.15, -0.1) is 0 Å². The standard InChI is InChI=1S/C13H18N2O/c1-2-15(11-13(16)8-9-14)10-12-6-4-3-5-7-12/h3-7,13,16H,2,8,10-11H2,1H3. The SMILES string of the molecule is CCN(Cc1ccccc1)CC(O)CC#N. The highest BCUT2D eigenvalue weighted by Crippen LogP contribution is 2.05. The van der Waals surface area contributed by atoms with Crippen LogP contribution < -0.4 is 0 Å². The summed E-state index contributed by atoms with van der Waals surface area (Å²) in [6.07, 6.45) is -0.348. The van der Waals surface area contributed by atoms with E-state index < -0.39 is 6.10 Å². The van der Waals surface area contributed by atoms with Crippen molar-refractivity contribution in [1.82, 2.24) is 4.90 Å². The number of rotatable bonds is 6. The molecule has 16 heavy (non-hydrogen) atoms. The van der Waals surface area contributed by atoms with Gasteiger partial charge in [0.1, 0.15) is 0 Å². The van der Waals surface area contributed by atoms with Crippen molar-refractivity contribution in [1.29, 1.82) is 5.26 Å². The van der Waals surface area contributed by atoms with Crippen molar-refractivity contribution in [2.75, 3.05) is 13.1 Å². The Morgan fingerprint density at radius 1 is 1.38 bits per heavy atom. The van der Waals surface area contributed by atoms with Crippen molar-refractivity contribution in [2.24, 2.45) is 0 Å². The summed E-state index contributed by atoms with van der Waals surface area (Å²) in [6, 6.07) is 12.1. The van der Waals surface area contributed by atoms with Crippen LogP contribution in [0.5, 0.6) is 0 Å². The zero-order valence-electron chi connectivity index (χ0n) is 9.63. The summed E-state index contributed by atoms with van der Waals surface area (Å²) in [5.74, 6) is 0. The Balaban J connectivity index is 2.47. The second-order valence-corrected chi connectivity index (χ2v) is 3.83. The van der Waals surface area contributed by atoms with Crippen LogP contribution in [-0.2, 0) is 6.54 Å². The number of hydrogen-bond donors (Lipinski definition) is 1. The Bertz CT molecular complexity index is 332. The molecule has 0 bridgehead atoms. The number of likely N-dealkylation sites (N-methyl/N-ethyl adjacent to an activating group) is 1. The van der Waals surface area contributed by atoms with Gasteiger partial charge in [0.05, 0.1) is 18.6 Å². The number of aliphatic hydroxyl groups is 1. The molecular weight excluding hydrogens is 200 g/mol. The lowest BCUT2D eigenvalue weighted by Crippen LogP contribution is -2.31. The molecule has 1 aromatic carbocycles. The summed E-state index contributed by atoms with van der Waals surface area (Å²) in [5, 5.41) is 18.0. The number of hydrogen-bond acceptors (Lipinski definition) is 3. The van der Waals surface area contributed by atoms with Crippen LogP contribution in [-0.4, -0.2) is 29.2 Å². The van der Waals surface area contributed by atoms with Crippen LogP contribution >= 0.6 is 0 Å². The third-order valence-corrected chi connectivity index (χ3v) is 2.49. The molecule has 1 N–H and O–H groups in total. The monoisotopic (exact) mass is 218 g/mol. The topological polar surface area (TPSA) is 47.3 Å². The molecule has 0 aliphatic rings. The van der Waals surface area contributed by atoms with E-state index in [0.717, 1.165) is 13.1 Å². The molecule has 86 valence electrons. The average molecular weight is 218 g/mol. The van der Waals surface area contributed by atoms with Crippen molar-refractivity contribution in [2.45, 2.75) is 26.0 Å². The first kappa shape index (κ1) is 12.7. The first-order valence-corrected chi connectivity index (χ1v) is 5.57. The highest BCUT2D eigenvalue weighted by Gasteiger charge is 2.10. The zero-order chi connectivity index (χ0) is 11.8. The van der Waals surface area contributed by atoms with Crippen molar-refractivity contribution in [3.05, 3.63) is 35.9 Å². The smallest absolute Gasteiger partial charge is 0.0796 e. The second kappa shape index (κ2) is 7.00. The van der Waals surface area contributed by atoms with Gasteiger partial charge in [0.2, 0.25) is 0 Å². The molecule has 0 amide bonds. The average Bonchev–Trinajstić information content (AvgIpc) is 2.30. The highest BCUT2D eigenvalue weighted by molar-refractivity contribution is 5.14. The Morgan fingerprint density at radius 2 is 2.06 bits per heavy atom. The first-order valence-electron chi connectivity index (χ1n) is 5.57. The van der Waals surface area contributed by atoms with Crippen molar-refractivity contribution < 1.29 is 5.11 Å². The van der Waals surface area contributed by atoms with E-state index in [-0.39, 0.29) is 6.42 Å². The van der Waals surface area contributed by atoms with Crippen LogP contribution in [0.4, 0.5) is 0 Å². The molecule has 1 atom stereocenters. The molecule has 0 saturated carbocycles. The number of nitriles is 1. The largest absolute Gasteiger partial charge is 0.391 e. The molecule has 1 aromatic rings. The van der Waals surface area contributed by atoms with Gasteiger partial charge in [-0.3, -0.25) is 4.90 Å². The molecule has 1 rings (SSSR count). The predicted octanol–water partition coefficient (Wildman–Crippen LogP) is 1.78. The fraction of sp³-hybridized carbons (Fsp3) is 0.462. The number of benzene rings is 1. The van der Waals surface area contributed by atoms with Gasteiger partial charge in [-0.05, 0) is 12.1 Å². The summed E-state index contributed by atoms with van der Waals surface area (Å²) >= 11 is 0. The van der Waals surface area contributed by atoms with E-state index in [0.29, 0.717) is 6.54 Å². The summed E-state index contributed by atoms with van der Waals surface area (Å²) in [7, 11) is 0. The summed E-state index contributed by atoms with van der Waals surface area (Å²) in [4.78, 5) is 2.14. The molecular formula is C13H18N2O. The molecule has 0 aromatic heterocycles. The van der Waals surface area contributed by atoms with Gasteiger partial charge < -0.3 is 5.11 Å². The molecule has 0 radical (unpaired) electrons. The number of aliphatic hydroxyl groups excluding tert-OH is 1. The molecule has 0 saturated heterocycles. The second-order valence-electron chi connectivity index (χ2n) is 3.83. The maximum atomic E-state index is 9.56. The van der Waals surface area contributed by atoms with Crippen LogP contribution in [0.2, 0.25) is 0 Å². The van der Waals surface area contributed by atoms with Gasteiger partial charge in [-0.2, -0.15) is 5.26 Å². The third-order valence-electron chi connectivity index (χ3n) is 2.49. The summed E-state index contributed by atoms with van der Waals surface area (Å²) in [6.45, 7) is 4.30. The Kier molecular flexibility index (Phi) is 5.55. The van der Waals surface area contributed by atoms with Crippen LogP contribution in [0.3, 0.4) is 0 Å². The van der Waals surface area contributed by atoms with E-state index in [1.807, 2.05) is 24.3 Å².